The van der Waals surface area contributed by atoms with E-state index in [-0.39, 0.29) is 17.6 Å². The Morgan fingerprint density at radius 1 is 0.920 bits per heavy atom. The van der Waals surface area contributed by atoms with E-state index in [0.29, 0.717) is 13.0 Å². The number of benzene rings is 1. The maximum absolute atomic E-state index is 11.9. The molecule has 25 heavy (non-hydrogen) atoms. The topological polar surface area (TPSA) is 46.2 Å². The van der Waals surface area contributed by atoms with Crippen LogP contribution in [0.2, 0.25) is 0 Å². The van der Waals surface area contributed by atoms with E-state index in [2.05, 4.69) is 19.2 Å². The number of Topliss-reactive ketones (excluding diaryl/α,β-unsaturated/α-hetero) is 1. The predicted molar refractivity (Wildman–Crippen MR) is 105 cm³/mol. The first-order valence-electron chi connectivity index (χ1n) is 9.80. The lowest BCUT2D eigenvalue weighted by molar-refractivity contribution is -0.121. The second-order valence-corrected chi connectivity index (χ2v) is 7.66. The number of nitrogens with one attached hydrogen (secondary N) is 1. The highest BCUT2D eigenvalue weighted by molar-refractivity contribution is 5.97. The quantitative estimate of drug-likeness (QED) is 0.419. The molecule has 0 saturated heterocycles. The highest BCUT2D eigenvalue weighted by Crippen LogP contribution is 2.11. The van der Waals surface area contributed by atoms with Gasteiger partial charge in [0.05, 0.1) is 0 Å². The molecule has 0 heterocycles. The van der Waals surface area contributed by atoms with E-state index in [1.165, 1.54) is 19.3 Å². The third-order valence-electron chi connectivity index (χ3n) is 4.43. The second-order valence-electron chi connectivity index (χ2n) is 7.66. The van der Waals surface area contributed by atoms with Gasteiger partial charge in [-0.3, -0.25) is 9.59 Å². The molecular weight excluding hydrogens is 310 g/mol. The lowest BCUT2D eigenvalue weighted by Crippen LogP contribution is -2.25. The van der Waals surface area contributed by atoms with Crippen LogP contribution in [-0.4, -0.2) is 18.2 Å². The summed E-state index contributed by atoms with van der Waals surface area (Å²) in [6, 6.07) is 7.74. The standard InChI is InChI=1S/C22H35NO2/c1-17(2)9-7-5-6-8-10-21(24)23-16-15-19-11-13-20(14-12-19)22(25)18(3)4/h11-14,17-18H,5-10,15-16H2,1-4H3,(H,23,24). The van der Waals surface area contributed by atoms with Crippen LogP contribution in [0.4, 0.5) is 0 Å². The predicted octanol–water partition coefficient (Wildman–Crippen LogP) is 5.18. The fourth-order valence-electron chi connectivity index (χ4n) is 2.80. The molecule has 0 saturated carbocycles. The number of hydrogen-bond acceptors (Lipinski definition) is 2. The zero-order valence-corrected chi connectivity index (χ0v) is 16.4. The van der Waals surface area contributed by atoms with E-state index in [0.717, 1.165) is 36.3 Å². The van der Waals surface area contributed by atoms with Gasteiger partial charge in [0.2, 0.25) is 5.91 Å². The van der Waals surface area contributed by atoms with Crippen LogP contribution in [-0.2, 0) is 11.2 Å². The minimum atomic E-state index is 0.0236. The van der Waals surface area contributed by atoms with Gasteiger partial charge in [0.25, 0.3) is 0 Å². The molecule has 1 amide bonds. The molecule has 0 unspecified atom stereocenters. The van der Waals surface area contributed by atoms with Gasteiger partial charge in [0, 0.05) is 24.4 Å². The summed E-state index contributed by atoms with van der Waals surface area (Å²) in [5.41, 5.74) is 1.91. The Morgan fingerprint density at radius 3 is 2.16 bits per heavy atom. The Bertz CT molecular complexity index is 517. The number of ketones is 1. The van der Waals surface area contributed by atoms with Crippen molar-refractivity contribution in [1.29, 1.82) is 0 Å². The third-order valence-corrected chi connectivity index (χ3v) is 4.43. The maximum atomic E-state index is 11.9. The molecular formula is C22H35NO2. The molecule has 0 atom stereocenters. The smallest absolute Gasteiger partial charge is 0.220 e. The number of amides is 1. The lowest BCUT2D eigenvalue weighted by atomic mass is 9.99. The SMILES string of the molecule is CC(C)CCCCCCC(=O)NCCc1ccc(C(=O)C(C)C)cc1. The molecule has 140 valence electrons. The van der Waals surface area contributed by atoms with E-state index in [1.807, 2.05) is 38.1 Å². The molecule has 0 fully saturated rings. The van der Waals surface area contributed by atoms with Gasteiger partial charge in [-0.2, -0.15) is 0 Å². The van der Waals surface area contributed by atoms with Crippen LogP contribution in [0.15, 0.2) is 24.3 Å². The average Bonchev–Trinajstić information content (AvgIpc) is 2.57. The first kappa shape index (κ1) is 21.4. The summed E-state index contributed by atoms with van der Waals surface area (Å²) in [4.78, 5) is 23.7. The van der Waals surface area contributed by atoms with Crippen molar-refractivity contribution in [2.75, 3.05) is 6.54 Å². The van der Waals surface area contributed by atoms with E-state index in [9.17, 15) is 9.59 Å². The second kappa shape index (κ2) is 11.8. The molecule has 0 aliphatic heterocycles. The summed E-state index contributed by atoms with van der Waals surface area (Å²) < 4.78 is 0. The molecule has 3 nitrogen and oxygen atoms in total. The Morgan fingerprint density at radius 2 is 1.56 bits per heavy atom. The Hall–Kier alpha value is -1.64. The molecule has 1 aromatic rings. The summed E-state index contributed by atoms with van der Waals surface area (Å²) >= 11 is 0. The number of carbonyl (C=O) groups excluding carboxylic acids is 2. The zero-order chi connectivity index (χ0) is 18.7. The fourth-order valence-corrected chi connectivity index (χ4v) is 2.80. The first-order chi connectivity index (χ1) is 11.9. The molecule has 0 radical (unpaired) electrons. The molecule has 0 aliphatic rings. The number of hydrogen-bond donors (Lipinski definition) is 1. The van der Waals surface area contributed by atoms with Crippen LogP contribution in [0.5, 0.6) is 0 Å². The lowest BCUT2D eigenvalue weighted by Gasteiger charge is -2.08. The highest BCUT2D eigenvalue weighted by atomic mass is 16.1. The van der Waals surface area contributed by atoms with E-state index in [1.54, 1.807) is 0 Å². The van der Waals surface area contributed by atoms with Crippen LogP contribution in [0, 0.1) is 11.8 Å². The van der Waals surface area contributed by atoms with Gasteiger partial charge >= 0.3 is 0 Å². The number of carbonyl (C=O) groups is 2. The van der Waals surface area contributed by atoms with E-state index < -0.39 is 0 Å². The Kier molecular flexibility index (Phi) is 10.1. The van der Waals surface area contributed by atoms with E-state index in [4.69, 9.17) is 0 Å². The third kappa shape index (κ3) is 9.42. The van der Waals surface area contributed by atoms with Crippen molar-refractivity contribution in [2.24, 2.45) is 11.8 Å². The molecule has 0 aliphatic carbocycles. The zero-order valence-electron chi connectivity index (χ0n) is 16.4. The van der Waals surface area contributed by atoms with Gasteiger partial charge in [0.1, 0.15) is 0 Å². The van der Waals surface area contributed by atoms with Gasteiger partial charge in [0.15, 0.2) is 5.78 Å². The van der Waals surface area contributed by atoms with Gasteiger partial charge in [-0.05, 0) is 24.3 Å². The maximum Gasteiger partial charge on any atom is 0.220 e. The molecule has 1 rings (SSSR count). The van der Waals surface area contributed by atoms with Crippen LogP contribution in [0.3, 0.4) is 0 Å². The fraction of sp³-hybridized carbons (Fsp3) is 0.636. The van der Waals surface area contributed by atoms with Crippen LogP contribution < -0.4 is 5.32 Å². The van der Waals surface area contributed by atoms with Crippen LogP contribution in [0.25, 0.3) is 0 Å². The van der Waals surface area contributed by atoms with Gasteiger partial charge in [-0.1, -0.05) is 77.6 Å². The monoisotopic (exact) mass is 345 g/mol. The van der Waals surface area contributed by atoms with Crippen molar-refractivity contribution in [3.05, 3.63) is 35.4 Å². The summed E-state index contributed by atoms with van der Waals surface area (Å²) in [7, 11) is 0. The largest absolute Gasteiger partial charge is 0.356 e. The van der Waals surface area contributed by atoms with Crippen molar-refractivity contribution in [1.82, 2.24) is 5.32 Å². The molecule has 3 heteroatoms. The number of rotatable bonds is 12. The summed E-state index contributed by atoms with van der Waals surface area (Å²) in [5, 5.41) is 2.99. The molecule has 0 spiro atoms. The van der Waals surface area contributed by atoms with Crippen molar-refractivity contribution in [3.8, 4) is 0 Å². The van der Waals surface area contributed by atoms with E-state index >= 15 is 0 Å². The number of unbranched alkanes of at least 4 members (excludes halogenated alkanes) is 3. The summed E-state index contributed by atoms with van der Waals surface area (Å²) in [5.74, 6) is 1.13. The molecule has 0 bridgehead atoms. The minimum Gasteiger partial charge on any atom is -0.356 e. The van der Waals surface area contributed by atoms with Gasteiger partial charge in [-0.25, -0.2) is 0 Å². The van der Waals surface area contributed by atoms with Crippen molar-refractivity contribution in [3.63, 3.8) is 0 Å². The van der Waals surface area contributed by atoms with Crippen LogP contribution >= 0.6 is 0 Å². The van der Waals surface area contributed by atoms with Crippen molar-refractivity contribution >= 4 is 11.7 Å². The highest BCUT2D eigenvalue weighted by Gasteiger charge is 2.09. The summed E-state index contributed by atoms with van der Waals surface area (Å²) in [6.45, 7) is 8.99. The molecule has 1 N–H and O–H groups in total. The molecule has 1 aromatic carbocycles. The Balaban J connectivity index is 2.15. The first-order valence-corrected chi connectivity index (χ1v) is 9.80. The normalized spacial score (nSPS) is 11.1. The van der Waals surface area contributed by atoms with Crippen molar-refractivity contribution < 1.29 is 9.59 Å². The van der Waals surface area contributed by atoms with Crippen molar-refractivity contribution in [2.45, 2.75) is 72.6 Å². The minimum absolute atomic E-state index is 0.0236. The van der Waals surface area contributed by atoms with Gasteiger partial charge in [-0.15, -0.1) is 0 Å². The summed E-state index contributed by atoms with van der Waals surface area (Å²) in [6.07, 6.45) is 7.34. The van der Waals surface area contributed by atoms with Gasteiger partial charge < -0.3 is 5.32 Å². The van der Waals surface area contributed by atoms with Crippen LogP contribution in [0.1, 0.15) is 82.1 Å². The Labute approximate surface area is 153 Å². The molecule has 0 aromatic heterocycles. The average molecular weight is 346 g/mol.